The molecule has 4 rings (SSSR count). The van der Waals surface area contributed by atoms with E-state index in [1.807, 2.05) is 23.1 Å². The van der Waals surface area contributed by atoms with Crippen molar-refractivity contribution in [2.75, 3.05) is 4.90 Å². The fraction of sp³-hybridized carbons (Fsp3) is 0.304. The predicted molar refractivity (Wildman–Crippen MR) is 108 cm³/mol. The Morgan fingerprint density at radius 3 is 2.65 bits per heavy atom. The van der Waals surface area contributed by atoms with Crippen molar-refractivity contribution in [2.45, 2.75) is 39.7 Å². The molecule has 2 aromatic rings. The third-order valence-corrected chi connectivity index (χ3v) is 5.59. The monoisotopic (exact) mass is 344 g/mol. The number of amides is 1. The predicted octanol–water partition coefficient (Wildman–Crippen LogP) is 5.37. The van der Waals surface area contributed by atoms with Crippen LogP contribution in [0.3, 0.4) is 0 Å². The highest BCUT2D eigenvalue weighted by atomic mass is 16.2. The number of carbonyl (C=O) groups excluding carboxylic acids is 1. The van der Waals surface area contributed by atoms with Gasteiger partial charge in [0.15, 0.2) is 0 Å². The van der Waals surface area contributed by atoms with Crippen LogP contribution >= 0.6 is 0 Å². The van der Waals surface area contributed by atoms with Gasteiger partial charge in [-0.1, -0.05) is 36.9 Å². The van der Waals surface area contributed by atoms with Crippen LogP contribution in [0.25, 0.3) is 6.08 Å². The van der Waals surface area contributed by atoms with Crippen LogP contribution in [0, 0.1) is 19.8 Å². The second kappa shape index (κ2) is 6.56. The van der Waals surface area contributed by atoms with Crippen molar-refractivity contribution in [3.8, 4) is 0 Å². The Balaban J connectivity index is 1.78. The van der Waals surface area contributed by atoms with Gasteiger partial charge in [0.1, 0.15) is 0 Å². The van der Waals surface area contributed by atoms with Crippen molar-refractivity contribution in [3.05, 3.63) is 65.2 Å². The van der Waals surface area contributed by atoms with E-state index in [0.717, 1.165) is 47.5 Å². The Morgan fingerprint density at radius 1 is 1.19 bits per heavy atom. The Labute approximate surface area is 155 Å². The van der Waals surface area contributed by atoms with E-state index >= 15 is 0 Å². The molecule has 0 unspecified atom stereocenters. The molecule has 0 N–H and O–H groups in total. The van der Waals surface area contributed by atoms with Crippen molar-refractivity contribution < 1.29 is 4.79 Å². The number of anilines is 1. The van der Waals surface area contributed by atoms with Gasteiger partial charge in [0.25, 0.3) is 0 Å². The number of fused-ring (bicyclic) bond motifs is 2. The summed E-state index contributed by atoms with van der Waals surface area (Å²) in [6, 6.07) is 12.5. The lowest BCUT2D eigenvalue weighted by Gasteiger charge is -2.25. The summed E-state index contributed by atoms with van der Waals surface area (Å²) in [7, 11) is 0. The van der Waals surface area contributed by atoms with E-state index in [1.165, 1.54) is 11.1 Å². The molecule has 1 aliphatic heterocycles. The molecule has 1 heterocycles. The average molecular weight is 344 g/mol. The number of aliphatic imine (C=N–C) groups is 1. The quantitative estimate of drug-likeness (QED) is 0.737. The summed E-state index contributed by atoms with van der Waals surface area (Å²) in [6.45, 7) is 8.58. The molecule has 3 heteroatoms. The van der Waals surface area contributed by atoms with E-state index in [0.29, 0.717) is 6.54 Å². The molecule has 1 fully saturated rings. The van der Waals surface area contributed by atoms with E-state index in [-0.39, 0.29) is 11.8 Å². The largest absolute Gasteiger partial charge is 0.305 e. The molecule has 0 bridgehead atoms. The fourth-order valence-corrected chi connectivity index (χ4v) is 3.89. The van der Waals surface area contributed by atoms with E-state index in [4.69, 9.17) is 4.99 Å². The standard InChI is InChI=1S/C23H24N2O/c1-4-17-8-10-18(11-9-17)14-25-22-13-16(3)15(2)12-21(22)24-20-7-5-6-19(20)23(25)26/h4,8-13,19H,1,5-7,14H2,2-3H3/t19-/m1/s1. The first kappa shape index (κ1) is 16.8. The van der Waals surface area contributed by atoms with Gasteiger partial charge >= 0.3 is 0 Å². The van der Waals surface area contributed by atoms with Crippen molar-refractivity contribution in [1.29, 1.82) is 0 Å². The molecule has 0 radical (unpaired) electrons. The lowest BCUT2D eigenvalue weighted by molar-refractivity contribution is -0.120. The molecule has 3 nitrogen and oxygen atoms in total. The van der Waals surface area contributed by atoms with Gasteiger partial charge in [0, 0.05) is 5.71 Å². The van der Waals surface area contributed by atoms with Gasteiger partial charge in [-0.2, -0.15) is 0 Å². The molecule has 1 saturated carbocycles. The van der Waals surface area contributed by atoms with E-state index < -0.39 is 0 Å². The Hall–Kier alpha value is -2.68. The van der Waals surface area contributed by atoms with Gasteiger partial charge in [0.05, 0.1) is 23.8 Å². The molecule has 2 aliphatic rings. The van der Waals surface area contributed by atoms with Crippen molar-refractivity contribution in [2.24, 2.45) is 10.9 Å². The number of nitrogens with zero attached hydrogens (tertiary/aromatic N) is 2. The zero-order valence-electron chi connectivity index (χ0n) is 15.5. The second-order valence-electron chi connectivity index (χ2n) is 7.34. The Morgan fingerprint density at radius 2 is 1.92 bits per heavy atom. The molecular weight excluding hydrogens is 320 g/mol. The van der Waals surface area contributed by atoms with Crippen LogP contribution in [0.5, 0.6) is 0 Å². The number of rotatable bonds is 3. The molecule has 1 aliphatic carbocycles. The smallest absolute Gasteiger partial charge is 0.236 e. The Bertz CT molecular complexity index is 909. The SMILES string of the molecule is C=Cc1ccc(CN2C(=O)[C@@H]3CCCC3=Nc3cc(C)c(C)cc32)cc1. The maximum absolute atomic E-state index is 13.3. The average Bonchev–Trinajstić information content (AvgIpc) is 3.07. The summed E-state index contributed by atoms with van der Waals surface area (Å²) in [5, 5.41) is 0. The molecule has 0 saturated heterocycles. The van der Waals surface area contributed by atoms with Gasteiger partial charge in [-0.05, 0) is 67.5 Å². The minimum Gasteiger partial charge on any atom is -0.305 e. The molecule has 1 atom stereocenters. The van der Waals surface area contributed by atoms with Crippen molar-refractivity contribution in [1.82, 2.24) is 0 Å². The van der Waals surface area contributed by atoms with Crippen LogP contribution in [-0.4, -0.2) is 11.6 Å². The maximum atomic E-state index is 13.3. The van der Waals surface area contributed by atoms with Gasteiger partial charge in [0.2, 0.25) is 5.91 Å². The topological polar surface area (TPSA) is 32.7 Å². The van der Waals surface area contributed by atoms with Crippen LogP contribution in [-0.2, 0) is 11.3 Å². The minimum atomic E-state index is -0.0598. The van der Waals surface area contributed by atoms with Crippen LogP contribution in [0.2, 0.25) is 0 Å². The van der Waals surface area contributed by atoms with Crippen LogP contribution in [0.4, 0.5) is 11.4 Å². The third-order valence-electron chi connectivity index (χ3n) is 5.59. The van der Waals surface area contributed by atoms with E-state index in [9.17, 15) is 4.79 Å². The number of carbonyl (C=O) groups is 1. The first-order valence-corrected chi connectivity index (χ1v) is 9.28. The maximum Gasteiger partial charge on any atom is 0.236 e. The van der Waals surface area contributed by atoms with Crippen molar-refractivity contribution >= 4 is 29.1 Å². The highest BCUT2D eigenvalue weighted by Crippen LogP contribution is 2.40. The van der Waals surface area contributed by atoms with E-state index in [2.05, 4.69) is 44.7 Å². The number of aryl methyl sites for hydroxylation is 2. The lowest BCUT2D eigenvalue weighted by atomic mass is 10.0. The highest BCUT2D eigenvalue weighted by Gasteiger charge is 2.36. The summed E-state index contributed by atoms with van der Waals surface area (Å²) in [6.07, 6.45) is 4.73. The summed E-state index contributed by atoms with van der Waals surface area (Å²) in [5.41, 5.74) is 7.54. The molecule has 1 amide bonds. The van der Waals surface area contributed by atoms with Gasteiger partial charge < -0.3 is 4.90 Å². The van der Waals surface area contributed by atoms with Crippen LogP contribution in [0.15, 0.2) is 48.0 Å². The highest BCUT2D eigenvalue weighted by molar-refractivity contribution is 6.15. The minimum absolute atomic E-state index is 0.0598. The first-order chi connectivity index (χ1) is 12.6. The molecule has 132 valence electrons. The molecule has 2 aromatic carbocycles. The van der Waals surface area contributed by atoms with Crippen molar-refractivity contribution in [3.63, 3.8) is 0 Å². The summed E-state index contributed by atoms with van der Waals surface area (Å²) in [5.74, 6) is 0.131. The second-order valence-corrected chi connectivity index (χ2v) is 7.34. The number of hydrogen-bond donors (Lipinski definition) is 0. The zero-order chi connectivity index (χ0) is 18.3. The molecule has 0 aromatic heterocycles. The van der Waals surface area contributed by atoms with Gasteiger partial charge in [-0.15, -0.1) is 0 Å². The van der Waals surface area contributed by atoms with Gasteiger partial charge in [-0.3, -0.25) is 9.79 Å². The van der Waals surface area contributed by atoms with E-state index in [1.54, 1.807) is 0 Å². The Kier molecular flexibility index (Phi) is 4.23. The van der Waals surface area contributed by atoms with Crippen LogP contribution < -0.4 is 4.90 Å². The summed E-state index contributed by atoms with van der Waals surface area (Å²) in [4.78, 5) is 20.2. The number of hydrogen-bond acceptors (Lipinski definition) is 2. The first-order valence-electron chi connectivity index (χ1n) is 9.28. The number of benzene rings is 2. The van der Waals surface area contributed by atoms with Crippen LogP contribution in [0.1, 0.15) is 41.5 Å². The lowest BCUT2D eigenvalue weighted by Crippen LogP contribution is -2.36. The third kappa shape index (κ3) is 2.88. The zero-order valence-corrected chi connectivity index (χ0v) is 15.5. The molecule has 26 heavy (non-hydrogen) atoms. The fourth-order valence-electron chi connectivity index (χ4n) is 3.89. The summed E-state index contributed by atoms with van der Waals surface area (Å²) >= 11 is 0. The molecular formula is C23H24N2O. The normalized spacial score (nSPS) is 18.8. The summed E-state index contributed by atoms with van der Waals surface area (Å²) < 4.78 is 0. The molecule has 0 spiro atoms. The van der Waals surface area contributed by atoms with Gasteiger partial charge in [-0.25, -0.2) is 0 Å².